The first-order valence-electron chi connectivity index (χ1n) is 10.7. The maximum absolute atomic E-state index is 12.6. The lowest BCUT2D eigenvalue weighted by Crippen LogP contribution is -2.48. The average Bonchev–Trinajstić information content (AvgIpc) is 3.42. The molecule has 1 unspecified atom stereocenters. The van der Waals surface area contributed by atoms with Crippen molar-refractivity contribution in [2.24, 2.45) is 0 Å². The number of anilines is 1. The van der Waals surface area contributed by atoms with Crippen molar-refractivity contribution < 1.29 is 14.6 Å². The number of thiocarbonyl (C=S) groups is 1. The van der Waals surface area contributed by atoms with Crippen LogP contribution in [0, 0.1) is 0 Å². The number of hydrogen-bond donors (Lipinski definition) is 3. The van der Waals surface area contributed by atoms with Gasteiger partial charge in [-0.2, -0.15) is 0 Å². The summed E-state index contributed by atoms with van der Waals surface area (Å²) in [5.41, 5.74) is 5.37. The van der Waals surface area contributed by atoms with Crippen molar-refractivity contribution in [2.75, 3.05) is 18.5 Å². The van der Waals surface area contributed by atoms with E-state index in [1.54, 1.807) is 31.2 Å². The molecule has 0 heterocycles. The Morgan fingerprint density at radius 1 is 1.10 bits per heavy atom. The zero-order valence-corrected chi connectivity index (χ0v) is 18.1. The summed E-state index contributed by atoms with van der Waals surface area (Å²) in [7, 11) is 0. The summed E-state index contributed by atoms with van der Waals surface area (Å²) in [5.74, 6) is -0.687. The molecular weight excluding hydrogens is 396 g/mol. The molecule has 1 atom stereocenters. The van der Waals surface area contributed by atoms with E-state index in [0.29, 0.717) is 10.7 Å². The number of benzene rings is 2. The Bertz CT molecular complexity index is 928. The molecule has 0 aliphatic heterocycles. The van der Waals surface area contributed by atoms with E-state index in [4.69, 9.17) is 17.0 Å². The molecule has 4 rings (SSSR count). The van der Waals surface area contributed by atoms with Crippen molar-refractivity contribution in [2.45, 2.75) is 51.0 Å². The molecule has 5 nitrogen and oxygen atoms in total. The maximum atomic E-state index is 12.6. The number of hydrogen-bond acceptors (Lipinski definition) is 4. The van der Waals surface area contributed by atoms with Gasteiger partial charge in [-0.25, -0.2) is 4.79 Å². The molecule has 0 bridgehead atoms. The zero-order chi connectivity index (χ0) is 21.1. The first-order chi connectivity index (χ1) is 14.5. The molecule has 6 heteroatoms. The number of rotatable bonds is 6. The van der Waals surface area contributed by atoms with Crippen LogP contribution in [0.25, 0.3) is 0 Å². The minimum Gasteiger partial charge on any atom is -0.464 e. The van der Waals surface area contributed by atoms with Crippen molar-refractivity contribution in [3.8, 4) is 0 Å². The summed E-state index contributed by atoms with van der Waals surface area (Å²) in [6.45, 7) is 1.84. The Hall–Kier alpha value is -2.44. The zero-order valence-electron chi connectivity index (χ0n) is 17.3. The fourth-order valence-corrected chi connectivity index (χ4v) is 4.76. The summed E-state index contributed by atoms with van der Waals surface area (Å²) in [6, 6.07) is 11.2. The van der Waals surface area contributed by atoms with Gasteiger partial charge >= 0.3 is 5.97 Å². The Morgan fingerprint density at radius 2 is 1.73 bits per heavy atom. The van der Waals surface area contributed by atoms with Gasteiger partial charge in [-0.3, -0.25) is 0 Å². The number of aryl methyl sites for hydroxylation is 2. The van der Waals surface area contributed by atoms with Crippen LogP contribution in [0.5, 0.6) is 0 Å². The summed E-state index contributed by atoms with van der Waals surface area (Å²) in [5, 5.41) is 18.0. The molecule has 2 aliphatic carbocycles. The van der Waals surface area contributed by atoms with Crippen LogP contribution in [0.3, 0.4) is 0 Å². The predicted octanol–water partition coefficient (Wildman–Crippen LogP) is 3.40. The van der Waals surface area contributed by atoms with E-state index in [1.807, 2.05) is 6.07 Å². The minimum atomic E-state index is -1.82. The van der Waals surface area contributed by atoms with Gasteiger partial charge in [0.2, 0.25) is 5.60 Å². The number of fused-ring (bicyclic) bond motifs is 2. The van der Waals surface area contributed by atoms with Gasteiger partial charge in [0, 0.05) is 5.69 Å². The van der Waals surface area contributed by atoms with Crippen LogP contribution in [-0.2, 0) is 40.8 Å². The monoisotopic (exact) mass is 424 g/mol. The van der Waals surface area contributed by atoms with Gasteiger partial charge in [0.05, 0.1) is 13.2 Å². The van der Waals surface area contributed by atoms with E-state index in [0.717, 1.165) is 31.4 Å². The van der Waals surface area contributed by atoms with Crippen molar-refractivity contribution in [3.63, 3.8) is 0 Å². The molecule has 158 valence electrons. The molecule has 2 aromatic rings. The molecule has 2 aliphatic rings. The van der Waals surface area contributed by atoms with Crippen LogP contribution in [0.15, 0.2) is 36.4 Å². The molecule has 0 aromatic heterocycles. The van der Waals surface area contributed by atoms with Gasteiger partial charge in [0.25, 0.3) is 0 Å². The van der Waals surface area contributed by atoms with Crippen LogP contribution in [0.1, 0.15) is 47.6 Å². The summed E-state index contributed by atoms with van der Waals surface area (Å²) in [4.78, 5) is 12.6. The van der Waals surface area contributed by atoms with Crippen molar-refractivity contribution >= 4 is 29.0 Å². The quantitative estimate of drug-likeness (QED) is 0.488. The first-order valence-corrected chi connectivity index (χ1v) is 11.1. The standard InChI is InChI=1S/C24H28N2O3S/c1-2-29-22(27)24(28,18-10-4-3-5-11-18)15-25-23(30)26-21-19-12-6-8-16(19)14-17-9-7-13-20(17)21/h3-5,10-11,14,28H,2,6-9,12-13,15H2,1H3,(H2,25,26,30). The third-order valence-corrected chi connectivity index (χ3v) is 6.33. The largest absolute Gasteiger partial charge is 0.464 e. The molecular formula is C24H28N2O3S. The highest BCUT2D eigenvalue weighted by Gasteiger charge is 2.39. The Kier molecular flexibility index (Phi) is 6.06. The van der Waals surface area contributed by atoms with Gasteiger partial charge in [0.15, 0.2) is 5.11 Å². The number of nitrogens with one attached hydrogen (secondary N) is 2. The minimum absolute atomic E-state index is 0.0705. The van der Waals surface area contributed by atoms with Gasteiger partial charge in [-0.1, -0.05) is 36.4 Å². The summed E-state index contributed by atoms with van der Waals surface area (Å²) in [6.07, 6.45) is 6.70. The number of aliphatic hydroxyl groups is 1. The second kappa shape index (κ2) is 8.74. The van der Waals surface area contributed by atoms with E-state index in [-0.39, 0.29) is 13.2 Å². The van der Waals surface area contributed by atoms with E-state index < -0.39 is 11.6 Å². The molecule has 0 spiro atoms. The average molecular weight is 425 g/mol. The van der Waals surface area contributed by atoms with Gasteiger partial charge in [0.1, 0.15) is 0 Å². The summed E-state index contributed by atoms with van der Waals surface area (Å²) < 4.78 is 5.14. The number of esters is 1. The molecule has 3 N–H and O–H groups in total. The maximum Gasteiger partial charge on any atom is 0.344 e. The van der Waals surface area contributed by atoms with E-state index in [2.05, 4.69) is 16.7 Å². The molecule has 30 heavy (non-hydrogen) atoms. The Balaban J connectivity index is 1.52. The molecule has 2 aromatic carbocycles. The molecule has 0 amide bonds. The highest BCUT2D eigenvalue weighted by molar-refractivity contribution is 7.80. The topological polar surface area (TPSA) is 70.6 Å². The Labute approximate surface area is 182 Å². The molecule has 0 fully saturated rings. The second-order valence-corrected chi connectivity index (χ2v) is 8.40. The first kappa shape index (κ1) is 20.8. The van der Waals surface area contributed by atoms with E-state index >= 15 is 0 Å². The number of carbonyl (C=O) groups excluding carboxylic acids is 1. The lowest BCUT2D eigenvalue weighted by atomic mass is 9.94. The molecule has 0 saturated carbocycles. The van der Waals surface area contributed by atoms with Crippen LogP contribution < -0.4 is 10.6 Å². The normalized spacial score (nSPS) is 16.3. The van der Waals surface area contributed by atoms with E-state index in [1.165, 1.54) is 35.1 Å². The van der Waals surface area contributed by atoms with Crippen molar-refractivity contribution in [1.29, 1.82) is 0 Å². The number of ether oxygens (including phenoxy) is 1. The van der Waals surface area contributed by atoms with Crippen molar-refractivity contribution in [1.82, 2.24) is 5.32 Å². The number of carbonyl (C=O) groups is 1. The summed E-state index contributed by atoms with van der Waals surface area (Å²) >= 11 is 5.56. The second-order valence-electron chi connectivity index (χ2n) is 7.99. The highest BCUT2D eigenvalue weighted by Crippen LogP contribution is 2.38. The predicted molar refractivity (Wildman–Crippen MR) is 122 cm³/mol. The van der Waals surface area contributed by atoms with Gasteiger partial charge < -0.3 is 20.5 Å². The van der Waals surface area contributed by atoms with Crippen LogP contribution >= 0.6 is 12.2 Å². The lowest BCUT2D eigenvalue weighted by Gasteiger charge is -2.27. The molecule has 0 saturated heterocycles. The van der Waals surface area contributed by atoms with Crippen molar-refractivity contribution in [3.05, 3.63) is 64.2 Å². The third kappa shape index (κ3) is 3.94. The van der Waals surface area contributed by atoms with Crippen LogP contribution in [0.2, 0.25) is 0 Å². The van der Waals surface area contributed by atoms with Gasteiger partial charge in [-0.15, -0.1) is 0 Å². The SMILES string of the molecule is CCOC(=O)C(O)(CNC(=S)Nc1c2c(cc3c1CCC3)CCC2)c1ccccc1. The Morgan fingerprint density at radius 3 is 2.33 bits per heavy atom. The smallest absolute Gasteiger partial charge is 0.344 e. The fraction of sp³-hybridized carbons (Fsp3) is 0.417. The molecule has 0 radical (unpaired) electrons. The van der Waals surface area contributed by atoms with Gasteiger partial charge in [-0.05, 0) is 85.5 Å². The lowest BCUT2D eigenvalue weighted by molar-refractivity contribution is -0.165. The fourth-order valence-electron chi connectivity index (χ4n) is 4.59. The third-order valence-electron chi connectivity index (χ3n) is 6.08. The highest BCUT2D eigenvalue weighted by atomic mass is 32.1. The van der Waals surface area contributed by atoms with Crippen LogP contribution in [-0.4, -0.2) is 29.3 Å². The van der Waals surface area contributed by atoms with E-state index in [9.17, 15) is 9.90 Å². The van der Waals surface area contributed by atoms with Crippen LogP contribution in [0.4, 0.5) is 5.69 Å².